The molecule has 0 aromatic carbocycles. The summed E-state index contributed by atoms with van der Waals surface area (Å²) in [6.07, 6.45) is 1.80. The molecule has 4 heteroatoms. The van der Waals surface area contributed by atoms with Crippen LogP contribution in [0.25, 0.3) is 0 Å². The van der Waals surface area contributed by atoms with Crippen LogP contribution in [-0.4, -0.2) is 31.5 Å². The molecule has 14 heavy (non-hydrogen) atoms. The number of pyridine rings is 1. The number of thioether (sulfide) groups is 1. The normalized spacial score (nSPS) is 10.1. The SMILES string of the molecule is CNc1ncccc1CSCCOC. The maximum Gasteiger partial charge on any atom is 0.129 e. The number of hydrogen-bond acceptors (Lipinski definition) is 4. The van der Waals surface area contributed by atoms with E-state index in [9.17, 15) is 0 Å². The second-order valence-corrected chi connectivity index (χ2v) is 3.91. The summed E-state index contributed by atoms with van der Waals surface area (Å²) in [7, 11) is 3.62. The summed E-state index contributed by atoms with van der Waals surface area (Å²) in [5.74, 6) is 2.97. The van der Waals surface area contributed by atoms with Gasteiger partial charge in [-0.2, -0.15) is 11.8 Å². The van der Waals surface area contributed by atoms with Crippen LogP contribution in [0, 0.1) is 0 Å². The highest BCUT2D eigenvalue weighted by Gasteiger charge is 2.00. The van der Waals surface area contributed by atoms with Gasteiger partial charge in [0.25, 0.3) is 0 Å². The molecule has 1 rings (SSSR count). The lowest BCUT2D eigenvalue weighted by Crippen LogP contribution is -1.98. The van der Waals surface area contributed by atoms with Gasteiger partial charge in [-0.05, 0) is 6.07 Å². The Morgan fingerprint density at radius 3 is 3.14 bits per heavy atom. The summed E-state index contributed by atoms with van der Waals surface area (Å²) >= 11 is 1.86. The zero-order chi connectivity index (χ0) is 10.2. The summed E-state index contributed by atoms with van der Waals surface area (Å²) in [6.45, 7) is 0.805. The molecular formula is C10H16N2OS. The Labute approximate surface area is 89.3 Å². The van der Waals surface area contributed by atoms with Crippen LogP contribution >= 0.6 is 11.8 Å². The minimum absolute atomic E-state index is 0.805. The fraction of sp³-hybridized carbons (Fsp3) is 0.500. The van der Waals surface area contributed by atoms with Gasteiger partial charge in [-0.1, -0.05) is 6.07 Å². The molecule has 0 radical (unpaired) electrons. The number of rotatable bonds is 6. The molecule has 0 fully saturated rings. The topological polar surface area (TPSA) is 34.2 Å². The monoisotopic (exact) mass is 212 g/mol. The lowest BCUT2D eigenvalue weighted by molar-refractivity contribution is 0.218. The molecule has 1 heterocycles. The summed E-state index contributed by atoms with van der Waals surface area (Å²) in [4.78, 5) is 4.24. The van der Waals surface area contributed by atoms with E-state index in [1.54, 1.807) is 13.3 Å². The van der Waals surface area contributed by atoms with E-state index < -0.39 is 0 Å². The Morgan fingerprint density at radius 2 is 2.43 bits per heavy atom. The molecule has 0 aliphatic rings. The van der Waals surface area contributed by atoms with E-state index >= 15 is 0 Å². The molecule has 0 spiro atoms. The minimum atomic E-state index is 0.805. The largest absolute Gasteiger partial charge is 0.384 e. The lowest BCUT2D eigenvalue weighted by atomic mass is 10.3. The van der Waals surface area contributed by atoms with Crippen molar-refractivity contribution < 1.29 is 4.74 Å². The van der Waals surface area contributed by atoms with Crippen molar-refractivity contribution in [2.45, 2.75) is 5.75 Å². The van der Waals surface area contributed by atoms with Crippen LogP contribution in [0.1, 0.15) is 5.56 Å². The van der Waals surface area contributed by atoms with E-state index in [4.69, 9.17) is 4.74 Å². The van der Waals surface area contributed by atoms with Gasteiger partial charge < -0.3 is 10.1 Å². The van der Waals surface area contributed by atoms with E-state index in [1.807, 2.05) is 24.9 Å². The second-order valence-electron chi connectivity index (χ2n) is 2.81. The second kappa shape index (κ2) is 6.68. The molecule has 0 amide bonds. The maximum absolute atomic E-state index is 4.98. The number of nitrogens with zero attached hydrogens (tertiary/aromatic N) is 1. The van der Waals surface area contributed by atoms with Crippen molar-refractivity contribution in [2.75, 3.05) is 31.8 Å². The van der Waals surface area contributed by atoms with Crippen molar-refractivity contribution in [3.8, 4) is 0 Å². The number of nitrogens with one attached hydrogen (secondary N) is 1. The van der Waals surface area contributed by atoms with Gasteiger partial charge in [0, 0.05) is 37.4 Å². The number of hydrogen-bond donors (Lipinski definition) is 1. The minimum Gasteiger partial charge on any atom is -0.384 e. The van der Waals surface area contributed by atoms with Crippen molar-refractivity contribution in [1.29, 1.82) is 0 Å². The zero-order valence-corrected chi connectivity index (χ0v) is 9.43. The predicted octanol–water partition coefficient (Wildman–Crippen LogP) is 2.00. The van der Waals surface area contributed by atoms with Gasteiger partial charge in [-0.25, -0.2) is 4.98 Å². The Kier molecular flexibility index (Phi) is 5.40. The molecule has 0 saturated heterocycles. The molecule has 1 N–H and O–H groups in total. The van der Waals surface area contributed by atoms with Crippen molar-refractivity contribution >= 4 is 17.6 Å². The fourth-order valence-corrected chi connectivity index (χ4v) is 1.99. The van der Waals surface area contributed by atoms with Crippen molar-refractivity contribution in [3.05, 3.63) is 23.9 Å². The first-order valence-electron chi connectivity index (χ1n) is 4.56. The average Bonchev–Trinajstić information content (AvgIpc) is 2.25. The van der Waals surface area contributed by atoms with Gasteiger partial charge in [-0.15, -0.1) is 0 Å². The van der Waals surface area contributed by atoms with E-state index in [0.717, 1.165) is 23.9 Å². The standard InChI is InChI=1S/C10H16N2OS/c1-11-10-9(4-3-5-12-10)8-14-7-6-13-2/h3-5H,6-8H2,1-2H3,(H,11,12). The van der Waals surface area contributed by atoms with Gasteiger partial charge in [0.1, 0.15) is 5.82 Å². The van der Waals surface area contributed by atoms with Crippen LogP contribution in [0.4, 0.5) is 5.82 Å². The van der Waals surface area contributed by atoms with E-state index in [1.165, 1.54) is 5.56 Å². The first kappa shape index (κ1) is 11.3. The molecule has 1 aromatic heterocycles. The van der Waals surface area contributed by atoms with Gasteiger partial charge in [0.05, 0.1) is 6.61 Å². The third kappa shape index (κ3) is 3.55. The van der Waals surface area contributed by atoms with Gasteiger partial charge in [0.2, 0.25) is 0 Å². The maximum atomic E-state index is 4.98. The van der Waals surface area contributed by atoms with Crippen LogP contribution in [-0.2, 0) is 10.5 Å². The molecular weight excluding hydrogens is 196 g/mol. The van der Waals surface area contributed by atoms with Gasteiger partial charge >= 0.3 is 0 Å². The van der Waals surface area contributed by atoms with Gasteiger partial charge in [-0.3, -0.25) is 0 Å². The molecule has 0 bridgehead atoms. The van der Waals surface area contributed by atoms with Crippen molar-refractivity contribution in [2.24, 2.45) is 0 Å². The van der Waals surface area contributed by atoms with Gasteiger partial charge in [0.15, 0.2) is 0 Å². The summed E-state index contributed by atoms with van der Waals surface area (Å²) in [5, 5.41) is 3.08. The summed E-state index contributed by atoms with van der Waals surface area (Å²) < 4.78 is 4.98. The molecule has 0 aliphatic carbocycles. The number of anilines is 1. The van der Waals surface area contributed by atoms with Crippen LogP contribution < -0.4 is 5.32 Å². The molecule has 0 atom stereocenters. The highest BCUT2D eigenvalue weighted by atomic mass is 32.2. The van der Waals surface area contributed by atoms with Crippen molar-refractivity contribution in [1.82, 2.24) is 4.98 Å². The van der Waals surface area contributed by atoms with Crippen LogP contribution in [0.3, 0.4) is 0 Å². The zero-order valence-electron chi connectivity index (χ0n) is 8.62. The Bertz CT molecular complexity index is 268. The Morgan fingerprint density at radius 1 is 1.57 bits per heavy atom. The molecule has 0 saturated carbocycles. The van der Waals surface area contributed by atoms with E-state index in [2.05, 4.69) is 16.4 Å². The Balaban J connectivity index is 2.41. The number of aromatic nitrogens is 1. The van der Waals surface area contributed by atoms with Crippen LogP contribution in [0.2, 0.25) is 0 Å². The lowest BCUT2D eigenvalue weighted by Gasteiger charge is -2.06. The summed E-state index contributed by atoms with van der Waals surface area (Å²) in [6, 6.07) is 4.06. The molecule has 0 unspecified atom stereocenters. The first-order chi connectivity index (χ1) is 6.88. The van der Waals surface area contributed by atoms with Crippen LogP contribution in [0.5, 0.6) is 0 Å². The molecule has 0 aliphatic heterocycles. The Hall–Kier alpha value is -0.740. The number of ether oxygens (including phenoxy) is 1. The summed E-state index contributed by atoms with van der Waals surface area (Å²) in [5.41, 5.74) is 1.25. The molecule has 3 nitrogen and oxygen atoms in total. The van der Waals surface area contributed by atoms with E-state index in [-0.39, 0.29) is 0 Å². The highest BCUT2D eigenvalue weighted by Crippen LogP contribution is 2.17. The fourth-order valence-electron chi connectivity index (χ4n) is 1.10. The third-order valence-corrected chi connectivity index (χ3v) is 2.79. The van der Waals surface area contributed by atoms with E-state index in [0.29, 0.717) is 0 Å². The van der Waals surface area contributed by atoms with Crippen molar-refractivity contribution in [3.63, 3.8) is 0 Å². The third-order valence-electron chi connectivity index (χ3n) is 1.82. The average molecular weight is 212 g/mol. The smallest absolute Gasteiger partial charge is 0.129 e. The highest BCUT2D eigenvalue weighted by molar-refractivity contribution is 7.98. The first-order valence-corrected chi connectivity index (χ1v) is 5.72. The quantitative estimate of drug-likeness (QED) is 0.731. The predicted molar refractivity (Wildman–Crippen MR) is 61.8 cm³/mol. The molecule has 78 valence electrons. The number of methoxy groups -OCH3 is 1. The molecule has 1 aromatic rings. The van der Waals surface area contributed by atoms with Crippen LogP contribution in [0.15, 0.2) is 18.3 Å².